The first kappa shape index (κ1) is 23.0. The van der Waals surface area contributed by atoms with Crippen LogP contribution in [0.3, 0.4) is 0 Å². The van der Waals surface area contributed by atoms with Crippen molar-refractivity contribution in [2.24, 2.45) is 0 Å². The molecule has 0 radical (unpaired) electrons. The Morgan fingerprint density at radius 2 is 1.91 bits per heavy atom. The molecule has 4 aromatic rings. The summed E-state index contributed by atoms with van der Waals surface area (Å²) in [4.78, 5) is 33.5. The van der Waals surface area contributed by atoms with Crippen molar-refractivity contribution in [1.29, 1.82) is 0 Å². The van der Waals surface area contributed by atoms with Crippen molar-refractivity contribution in [2.75, 3.05) is 5.75 Å². The Balaban J connectivity index is 1.62. The van der Waals surface area contributed by atoms with Crippen molar-refractivity contribution in [2.45, 2.75) is 51.0 Å². The predicted molar refractivity (Wildman–Crippen MR) is 139 cm³/mol. The fourth-order valence-electron chi connectivity index (χ4n) is 4.18. The summed E-state index contributed by atoms with van der Waals surface area (Å²) >= 11 is 2.83. The number of fused-ring (bicyclic) bond motifs is 3. The number of hydrogen-bond donors (Lipinski definition) is 0. The summed E-state index contributed by atoms with van der Waals surface area (Å²) in [6.45, 7) is 6.73. The molecule has 0 fully saturated rings. The van der Waals surface area contributed by atoms with E-state index < -0.39 is 0 Å². The number of nitrogens with zero attached hydrogens (tertiary/aromatic N) is 2. The molecular formula is C27H26N2O3S2. The lowest BCUT2D eigenvalue weighted by molar-refractivity contribution is -0.0543. The molecule has 0 spiro atoms. The van der Waals surface area contributed by atoms with E-state index in [9.17, 15) is 9.59 Å². The maximum Gasteiger partial charge on any atom is 0.267 e. The third-order valence-corrected chi connectivity index (χ3v) is 8.49. The molecule has 0 unspecified atom stereocenters. The third kappa shape index (κ3) is 4.24. The van der Waals surface area contributed by atoms with Crippen LogP contribution >= 0.6 is 23.1 Å². The summed E-state index contributed by atoms with van der Waals surface area (Å²) in [5.74, 6) is 0.212. The van der Waals surface area contributed by atoms with Crippen molar-refractivity contribution in [3.8, 4) is 5.69 Å². The van der Waals surface area contributed by atoms with E-state index >= 15 is 0 Å². The zero-order chi connectivity index (χ0) is 23.9. The molecule has 34 heavy (non-hydrogen) atoms. The maximum absolute atomic E-state index is 14.0. The normalized spacial score (nSPS) is 17.6. The highest BCUT2D eigenvalue weighted by Gasteiger charge is 2.33. The first-order valence-corrected chi connectivity index (χ1v) is 13.2. The number of thiophene rings is 1. The molecule has 1 aliphatic rings. The maximum atomic E-state index is 14.0. The van der Waals surface area contributed by atoms with Gasteiger partial charge in [-0.15, -0.1) is 11.3 Å². The highest BCUT2D eigenvalue weighted by Crippen LogP contribution is 2.39. The summed E-state index contributed by atoms with van der Waals surface area (Å²) in [5, 5.41) is 1.21. The van der Waals surface area contributed by atoms with Crippen LogP contribution in [0.5, 0.6) is 0 Å². The van der Waals surface area contributed by atoms with Crippen LogP contribution in [-0.4, -0.2) is 26.7 Å². The van der Waals surface area contributed by atoms with Crippen LogP contribution in [0.2, 0.25) is 0 Å². The van der Waals surface area contributed by atoms with E-state index in [1.165, 1.54) is 23.1 Å². The SMILES string of the molecule is CC[C@@]1(C)Cc2c(sc3nc(SCC(=O)c4ccccc4)n(-c4ccc(C)cc4)c(=O)c23)CO1. The molecule has 2 aromatic heterocycles. The second-order valence-corrected chi connectivity index (χ2v) is 10.9. The lowest BCUT2D eigenvalue weighted by atomic mass is 9.90. The van der Waals surface area contributed by atoms with Gasteiger partial charge in [0.25, 0.3) is 5.56 Å². The monoisotopic (exact) mass is 490 g/mol. The van der Waals surface area contributed by atoms with Gasteiger partial charge in [0, 0.05) is 16.9 Å². The van der Waals surface area contributed by atoms with Gasteiger partial charge in [-0.05, 0) is 38.0 Å². The number of ketones is 1. The Bertz CT molecular complexity index is 1420. The lowest BCUT2D eigenvalue weighted by Gasteiger charge is -2.32. The van der Waals surface area contributed by atoms with Crippen molar-refractivity contribution >= 4 is 39.1 Å². The van der Waals surface area contributed by atoms with Crippen molar-refractivity contribution in [3.63, 3.8) is 0 Å². The molecule has 0 bridgehead atoms. The zero-order valence-corrected chi connectivity index (χ0v) is 21.1. The predicted octanol–water partition coefficient (Wildman–Crippen LogP) is 5.97. The lowest BCUT2D eigenvalue weighted by Crippen LogP contribution is -2.34. The molecule has 0 saturated heterocycles. The first-order chi connectivity index (χ1) is 16.4. The molecule has 0 aliphatic carbocycles. The van der Waals surface area contributed by atoms with Gasteiger partial charge < -0.3 is 4.74 Å². The van der Waals surface area contributed by atoms with E-state index in [2.05, 4.69) is 13.8 Å². The molecule has 0 N–H and O–H groups in total. The second-order valence-electron chi connectivity index (χ2n) is 8.90. The summed E-state index contributed by atoms with van der Waals surface area (Å²) < 4.78 is 7.78. The quantitative estimate of drug-likeness (QED) is 0.189. The average molecular weight is 491 g/mol. The van der Waals surface area contributed by atoms with Crippen molar-refractivity contribution in [3.05, 3.63) is 86.5 Å². The number of ether oxygens (including phenoxy) is 1. The molecule has 7 heteroatoms. The minimum Gasteiger partial charge on any atom is -0.369 e. The van der Waals surface area contributed by atoms with Crippen LogP contribution in [0.1, 0.15) is 46.6 Å². The molecule has 1 atom stereocenters. The topological polar surface area (TPSA) is 61.2 Å². The van der Waals surface area contributed by atoms with E-state index in [1.54, 1.807) is 4.57 Å². The van der Waals surface area contributed by atoms with Gasteiger partial charge in [0.2, 0.25) is 0 Å². The highest BCUT2D eigenvalue weighted by molar-refractivity contribution is 7.99. The van der Waals surface area contributed by atoms with Gasteiger partial charge in [-0.2, -0.15) is 0 Å². The Kier molecular flexibility index (Phi) is 6.18. The molecule has 3 heterocycles. The second kappa shape index (κ2) is 9.13. The molecule has 2 aromatic carbocycles. The number of hydrogen-bond acceptors (Lipinski definition) is 6. The Morgan fingerprint density at radius 3 is 2.62 bits per heavy atom. The molecule has 174 valence electrons. The molecule has 1 aliphatic heterocycles. The number of rotatable bonds is 6. The zero-order valence-electron chi connectivity index (χ0n) is 19.5. The average Bonchev–Trinajstić information content (AvgIpc) is 3.21. The third-order valence-electron chi connectivity index (χ3n) is 6.45. The number of benzene rings is 2. The smallest absolute Gasteiger partial charge is 0.267 e. The van der Waals surface area contributed by atoms with Crippen LogP contribution in [-0.2, 0) is 17.8 Å². The van der Waals surface area contributed by atoms with Crippen LogP contribution in [0.4, 0.5) is 0 Å². The fraction of sp³-hybridized carbons (Fsp3) is 0.296. The van der Waals surface area contributed by atoms with Crippen LogP contribution in [0.15, 0.2) is 64.5 Å². The van der Waals surface area contributed by atoms with E-state index in [0.717, 1.165) is 32.9 Å². The Hall–Kier alpha value is -2.74. The summed E-state index contributed by atoms with van der Waals surface area (Å²) in [6.07, 6.45) is 1.57. The first-order valence-electron chi connectivity index (χ1n) is 11.4. The van der Waals surface area contributed by atoms with Gasteiger partial charge in [-0.25, -0.2) is 4.98 Å². The number of carbonyl (C=O) groups is 1. The Labute approximate surface area is 206 Å². The van der Waals surface area contributed by atoms with Crippen LogP contribution < -0.4 is 5.56 Å². The van der Waals surface area contributed by atoms with E-state index in [-0.39, 0.29) is 22.7 Å². The van der Waals surface area contributed by atoms with Crippen molar-refractivity contribution < 1.29 is 9.53 Å². The number of Topliss-reactive ketones (excluding diaryl/α,β-unsaturated/α-hetero) is 1. The summed E-state index contributed by atoms with van der Waals surface area (Å²) in [5.41, 5.74) is 3.22. The van der Waals surface area contributed by atoms with Gasteiger partial charge in [-0.1, -0.05) is 66.7 Å². The van der Waals surface area contributed by atoms with Crippen LogP contribution in [0.25, 0.3) is 15.9 Å². The standard InChI is InChI=1S/C27H26N2O3S2/c1-4-27(3)14-20-22(15-32-27)34-24-23(20)25(31)29(19-12-10-17(2)11-13-19)26(28-24)33-16-21(30)18-8-6-5-7-9-18/h5-13H,4,14-16H2,1-3H3/t27-/m0/s1. The summed E-state index contributed by atoms with van der Waals surface area (Å²) in [6, 6.07) is 17.1. The molecule has 0 saturated carbocycles. The number of carbonyl (C=O) groups excluding carboxylic acids is 1. The number of aromatic nitrogens is 2. The summed E-state index contributed by atoms with van der Waals surface area (Å²) in [7, 11) is 0. The van der Waals surface area contributed by atoms with Crippen LogP contribution in [0, 0.1) is 6.92 Å². The molecule has 5 nitrogen and oxygen atoms in total. The van der Waals surface area contributed by atoms with Gasteiger partial charge in [0.15, 0.2) is 10.9 Å². The minimum atomic E-state index is -0.280. The minimum absolute atomic E-state index is 0.00740. The van der Waals surface area contributed by atoms with E-state index in [0.29, 0.717) is 29.1 Å². The molecule has 0 amide bonds. The Morgan fingerprint density at radius 1 is 1.18 bits per heavy atom. The number of aryl methyl sites for hydroxylation is 1. The van der Waals surface area contributed by atoms with E-state index in [4.69, 9.17) is 9.72 Å². The van der Waals surface area contributed by atoms with Crippen molar-refractivity contribution in [1.82, 2.24) is 9.55 Å². The number of thioether (sulfide) groups is 1. The highest BCUT2D eigenvalue weighted by atomic mass is 32.2. The van der Waals surface area contributed by atoms with Gasteiger partial charge in [0.05, 0.1) is 29.0 Å². The van der Waals surface area contributed by atoms with Gasteiger partial charge in [-0.3, -0.25) is 14.2 Å². The fourth-order valence-corrected chi connectivity index (χ4v) is 6.24. The molecular weight excluding hydrogens is 464 g/mol. The van der Waals surface area contributed by atoms with Gasteiger partial charge >= 0.3 is 0 Å². The largest absolute Gasteiger partial charge is 0.369 e. The van der Waals surface area contributed by atoms with Gasteiger partial charge in [0.1, 0.15) is 4.83 Å². The van der Waals surface area contributed by atoms with E-state index in [1.807, 2.05) is 61.5 Å². The molecule has 5 rings (SSSR count).